The van der Waals surface area contributed by atoms with E-state index in [0.29, 0.717) is 34.5 Å². The lowest BCUT2D eigenvalue weighted by atomic mass is 10.2. The lowest BCUT2D eigenvalue weighted by Crippen LogP contribution is -2.20. The van der Waals surface area contributed by atoms with Crippen LogP contribution in [0.3, 0.4) is 0 Å². The van der Waals surface area contributed by atoms with E-state index < -0.39 is 17.6 Å². The second-order valence-electron chi connectivity index (χ2n) is 8.63. The van der Waals surface area contributed by atoms with Gasteiger partial charge in [-0.05, 0) is 71.0 Å². The van der Waals surface area contributed by atoms with Crippen LogP contribution < -0.4 is 20.2 Å². The van der Waals surface area contributed by atoms with Crippen LogP contribution in [0.15, 0.2) is 71.1 Å². The predicted molar refractivity (Wildman–Crippen MR) is 158 cm³/mol. The summed E-state index contributed by atoms with van der Waals surface area (Å²) >= 11 is 3.34. The van der Waals surface area contributed by atoms with Gasteiger partial charge in [-0.1, -0.05) is 35.9 Å². The van der Waals surface area contributed by atoms with Gasteiger partial charge in [-0.2, -0.15) is 18.3 Å². The van der Waals surface area contributed by atoms with Crippen LogP contribution in [0.25, 0.3) is 0 Å². The molecule has 0 aliphatic rings. The molecular formula is C28H24F3IN4O3S. The number of methoxy groups -OCH3 is 1. The molecule has 2 N–H and O–H groups in total. The first-order chi connectivity index (χ1) is 19.1. The maximum Gasteiger partial charge on any atom is 0.416 e. The van der Waals surface area contributed by atoms with Crippen molar-refractivity contribution < 1.29 is 27.4 Å². The van der Waals surface area contributed by atoms with Crippen LogP contribution in [0, 0.1) is 10.5 Å². The van der Waals surface area contributed by atoms with Crippen molar-refractivity contribution in [2.45, 2.75) is 26.1 Å². The third kappa shape index (κ3) is 8.18. The molecule has 4 rings (SSSR count). The number of aromatic nitrogens is 1. The van der Waals surface area contributed by atoms with Crippen molar-refractivity contribution in [1.82, 2.24) is 10.4 Å². The summed E-state index contributed by atoms with van der Waals surface area (Å²) in [6.07, 6.45) is -3.00. The van der Waals surface area contributed by atoms with Crippen LogP contribution in [-0.4, -0.2) is 24.2 Å². The highest BCUT2D eigenvalue weighted by Gasteiger charge is 2.30. The Morgan fingerprint density at radius 3 is 2.65 bits per heavy atom. The third-order valence-corrected chi connectivity index (χ3v) is 7.10. The molecule has 7 nitrogen and oxygen atoms in total. The number of hydrogen-bond acceptors (Lipinski definition) is 7. The molecule has 208 valence electrons. The van der Waals surface area contributed by atoms with Gasteiger partial charge in [0, 0.05) is 11.1 Å². The Hall–Kier alpha value is -3.65. The Bertz CT molecular complexity index is 1510. The summed E-state index contributed by atoms with van der Waals surface area (Å²) in [4.78, 5) is 16.6. The van der Waals surface area contributed by atoms with Crippen molar-refractivity contribution in [3.8, 4) is 11.5 Å². The van der Waals surface area contributed by atoms with Crippen LogP contribution in [0.1, 0.15) is 27.9 Å². The maximum atomic E-state index is 12.9. The second-order valence-corrected chi connectivity index (χ2v) is 10.6. The number of benzene rings is 3. The lowest BCUT2D eigenvalue weighted by molar-refractivity contribution is -0.137. The summed E-state index contributed by atoms with van der Waals surface area (Å²) in [7, 11) is 1.55. The Morgan fingerprint density at radius 1 is 1.15 bits per heavy atom. The first-order valence-corrected chi connectivity index (χ1v) is 13.8. The molecule has 0 unspecified atom stereocenters. The fraction of sp³-hybridized carbons (Fsp3) is 0.179. The van der Waals surface area contributed by atoms with Crippen LogP contribution in [0.2, 0.25) is 0 Å². The molecule has 40 heavy (non-hydrogen) atoms. The smallest absolute Gasteiger partial charge is 0.416 e. The number of ether oxygens (including phenoxy) is 2. The Morgan fingerprint density at radius 2 is 1.93 bits per heavy atom. The summed E-state index contributed by atoms with van der Waals surface area (Å²) in [5.41, 5.74) is 5.32. The van der Waals surface area contributed by atoms with Crippen LogP contribution in [0.4, 0.5) is 24.0 Å². The Balaban J connectivity index is 1.32. The zero-order valence-corrected chi connectivity index (χ0v) is 24.4. The summed E-state index contributed by atoms with van der Waals surface area (Å²) < 4.78 is 51.1. The summed E-state index contributed by atoms with van der Waals surface area (Å²) in [6.45, 7) is 2.42. The normalized spacial score (nSPS) is 11.4. The van der Waals surface area contributed by atoms with Gasteiger partial charge in [-0.3, -0.25) is 4.79 Å². The molecule has 1 heterocycles. The molecule has 4 aromatic rings. The van der Waals surface area contributed by atoms with Crippen LogP contribution in [0.5, 0.6) is 11.5 Å². The van der Waals surface area contributed by atoms with Gasteiger partial charge in [-0.15, -0.1) is 11.3 Å². The number of nitrogens with one attached hydrogen (secondary N) is 2. The van der Waals surface area contributed by atoms with Gasteiger partial charge >= 0.3 is 6.18 Å². The van der Waals surface area contributed by atoms with E-state index in [1.165, 1.54) is 35.2 Å². The minimum atomic E-state index is -4.44. The van der Waals surface area contributed by atoms with E-state index in [1.807, 2.05) is 37.3 Å². The Kier molecular flexibility index (Phi) is 9.63. The zero-order chi connectivity index (χ0) is 28.7. The molecule has 1 aromatic heterocycles. The number of anilines is 2. The van der Waals surface area contributed by atoms with Gasteiger partial charge in [0.25, 0.3) is 0 Å². The summed E-state index contributed by atoms with van der Waals surface area (Å²) in [5.74, 6) is 0.755. The summed E-state index contributed by atoms with van der Waals surface area (Å²) in [5, 5.41) is 8.89. The van der Waals surface area contributed by atoms with Gasteiger partial charge in [0.1, 0.15) is 6.61 Å². The fourth-order valence-corrected chi connectivity index (χ4v) is 5.03. The number of aryl methyl sites for hydroxylation is 1. The van der Waals surface area contributed by atoms with Gasteiger partial charge in [0.15, 0.2) is 16.6 Å². The minimum Gasteiger partial charge on any atom is -0.493 e. The number of hydrazone groups is 1. The SMILES string of the molecule is COc1cc(/C=N\NC(=O)Cc2csc(Nc3cccc(C(F)(F)F)c3)n2)cc(I)c1OCc1ccc(C)cc1. The Labute approximate surface area is 246 Å². The van der Waals surface area contributed by atoms with Crippen molar-refractivity contribution in [3.05, 3.63) is 97.6 Å². The van der Waals surface area contributed by atoms with E-state index in [-0.39, 0.29) is 12.1 Å². The molecule has 0 aliphatic heterocycles. The molecule has 0 fully saturated rings. The highest BCUT2D eigenvalue weighted by Crippen LogP contribution is 2.34. The highest BCUT2D eigenvalue weighted by atomic mass is 127. The minimum absolute atomic E-state index is 0.0508. The molecule has 0 aliphatic carbocycles. The second kappa shape index (κ2) is 13.1. The first kappa shape index (κ1) is 29.3. The molecule has 1 amide bonds. The lowest BCUT2D eigenvalue weighted by Gasteiger charge is -2.13. The van der Waals surface area contributed by atoms with Gasteiger partial charge in [0.2, 0.25) is 5.91 Å². The van der Waals surface area contributed by atoms with Crippen molar-refractivity contribution >= 4 is 56.9 Å². The average molecular weight is 680 g/mol. The van der Waals surface area contributed by atoms with Gasteiger partial charge in [0.05, 0.1) is 34.6 Å². The van der Waals surface area contributed by atoms with Gasteiger partial charge < -0.3 is 14.8 Å². The number of rotatable bonds is 10. The van der Waals surface area contributed by atoms with Crippen molar-refractivity contribution in [2.24, 2.45) is 5.10 Å². The average Bonchev–Trinajstić information content (AvgIpc) is 3.34. The third-order valence-electron chi connectivity index (χ3n) is 5.49. The molecular weight excluding hydrogens is 656 g/mol. The summed E-state index contributed by atoms with van der Waals surface area (Å²) in [6, 6.07) is 16.5. The van der Waals surface area contributed by atoms with E-state index in [4.69, 9.17) is 9.47 Å². The molecule has 3 aromatic carbocycles. The fourth-order valence-electron chi connectivity index (χ4n) is 3.52. The zero-order valence-electron chi connectivity index (χ0n) is 21.4. The number of alkyl halides is 3. The molecule has 0 saturated heterocycles. The maximum absolute atomic E-state index is 12.9. The number of halogens is 4. The molecule has 12 heteroatoms. The molecule has 0 bridgehead atoms. The number of nitrogens with zero attached hydrogens (tertiary/aromatic N) is 2. The molecule has 0 saturated carbocycles. The van der Waals surface area contributed by atoms with Crippen molar-refractivity contribution in [3.63, 3.8) is 0 Å². The van der Waals surface area contributed by atoms with Crippen molar-refractivity contribution in [2.75, 3.05) is 12.4 Å². The van der Waals surface area contributed by atoms with E-state index in [0.717, 1.165) is 21.3 Å². The quantitative estimate of drug-likeness (QED) is 0.106. The number of thiazole rings is 1. The number of hydrogen-bond donors (Lipinski definition) is 2. The highest BCUT2D eigenvalue weighted by molar-refractivity contribution is 14.1. The first-order valence-electron chi connectivity index (χ1n) is 11.9. The van der Waals surface area contributed by atoms with Crippen LogP contribution >= 0.6 is 33.9 Å². The van der Waals surface area contributed by atoms with E-state index in [9.17, 15) is 18.0 Å². The monoisotopic (exact) mass is 680 g/mol. The largest absolute Gasteiger partial charge is 0.493 e. The molecule has 0 atom stereocenters. The number of carbonyl (C=O) groups excluding carboxylic acids is 1. The van der Waals surface area contributed by atoms with Crippen LogP contribution in [-0.2, 0) is 24.0 Å². The predicted octanol–water partition coefficient (Wildman–Crippen LogP) is 7.10. The van der Waals surface area contributed by atoms with E-state index in [1.54, 1.807) is 18.6 Å². The standard InChI is InChI=1S/C28H24F3IN4O3S/c1-17-6-8-18(9-7-17)15-39-26-23(32)10-19(11-24(26)38-2)14-33-36-25(37)13-22-16-40-27(35-22)34-21-5-3-4-20(12-21)28(29,30)31/h3-12,14,16H,13,15H2,1-2H3,(H,34,35)(H,36,37)/b33-14-. The van der Waals surface area contributed by atoms with E-state index in [2.05, 4.69) is 43.4 Å². The van der Waals surface area contributed by atoms with E-state index >= 15 is 0 Å². The van der Waals surface area contributed by atoms with Crippen molar-refractivity contribution in [1.29, 1.82) is 0 Å². The topological polar surface area (TPSA) is 84.8 Å². The molecule has 0 radical (unpaired) electrons. The van der Waals surface area contributed by atoms with Gasteiger partial charge in [-0.25, -0.2) is 10.4 Å². The molecule has 0 spiro atoms. The number of carbonyl (C=O) groups is 1. The number of amides is 1.